The molecular weight excluding hydrogens is 1030 g/mol. The highest BCUT2D eigenvalue weighted by Crippen LogP contribution is 2.16. The number of nitrogens with one attached hydrogen (secondary N) is 3. The molecule has 1 atom stereocenters. The maximum atomic E-state index is 13.3. The Balaban J connectivity index is 2.35. The third-order valence-corrected chi connectivity index (χ3v) is 14.0. The third-order valence-electron chi connectivity index (χ3n) is 14.0. The van der Waals surface area contributed by atoms with Crippen molar-refractivity contribution in [2.75, 3.05) is 46.1 Å². The minimum absolute atomic E-state index is 0.00657. The number of aromatic carboxylic acids is 2. The summed E-state index contributed by atoms with van der Waals surface area (Å²) in [5, 5.41) is 27.2. The van der Waals surface area contributed by atoms with E-state index in [9.17, 15) is 34.2 Å². The Hall–Kier alpha value is -5.54. The number of amides is 3. The molecule has 0 spiro atoms. The van der Waals surface area contributed by atoms with E-state index in [4.69, 9.17) is 14.2 Å². The van der Waals surface area contributed by atoms with E-state index in [1.165, 1.54) is 122 Å². The molecule has 0 fully saturated rings. The summed E-state index contributed by atoms with van der Waals surface area (Å²) >= 11 is 0. The summed E-state index contributed by atoms with van der Waals surface area (Å²) in [5.41, 5.74) is -0.886. The molecule has 0 aliphatic heterocycles. The molecule has 0 unspecified atom stereocenters. The molecule has 1 aromatic rings. The number of pyridine rings is 1. The highest BCUT2D eigenvalue weighted by Gasteiger charge is 2.20. The molecule has 460 valence electrons. The maximum Gasteiger partial charge on any atom is 0.354 e. The maximum absolute atomic E-state index is 13.3. The van der Waals surface area contributed by atoms with Crippen molar-refractivity contribution in [1.29, 1.82) is 0 Å². The molecule has 82 heavy (non-hydrogen) atoms. The monoisotopic (exact) mass is 1140 g/mol. The van der Waals surface area contributed by atoms with E-state index in [1.54, 1.807) is 0 Å². The van der Waals surface area contributed by atoms with Gasteiger partial charge in [-0.1, -0.05) is 204 Å². The van der Waals surface area contributed by atoms with Gasteiger partial charge in [-0.05, 0) is 75.0 Å². The number of rotatable bonds is 54. The number of carbonyl (C=O) groups excluding carboxylic acids is 3. The van der Waals surface area contributed by atoms with E-state index < -0.39 is 29.4 Å². The van der Waals surface area contributed by atoms with Gasteiger partial charge in [-0.15, -0.1) is 0 Å². The Bertz CT molecular complexity index is 2050. The van der Waals surface area contributed by atoms with Crippen LogP contribution in [0.4, 0.5) is 0 Å². The van der Waals surface area contributed by atoms with E-state index in [0.717, 1.165) is 121 Å². The average molecular weight is 1140 g/mol. The number of carboxylic acid groups (broad SMARTS) is 2. The fraction of sp³-hybridized carbons (Fsp3) is 0.735. The van der Waals surface area contributed by atoms with Gasteiger partial charge >= 0.3 is 11.9 Å². The van der Waals surface area contributed by atoms with E-state index >= 15 is 0 Å². The molecule has 0 saturated heterocycles. The van der Waals surface area contributed by atoms with Crippen LogP contribution in [-0.2, 0) is 23.9 Å². The molecule has 3 amide bonds. The Labute approximate surface area is 496 Å². The van der Waals surface area contributed by atoms with Crippen LogP contribution in [0.15, 0.2) is 12.1 Å². The van der Waals surface area contributed by atoms with Gasteiger partial charge in [-0.2, -0.15) is 0 Å². The Kier molecular flexibility index (Phi) is 52.0. The third kappa shape index (κ3) is 49.1. The first-order valence-corrected chi connectivity index (χ1v) is 32.2. The van der Waals surface area contributed by atoms with Gasteiger partial charge in [0.1, 0.15) is 18.4 Å². The van der Waals surface area contributed by atoms with Crippen LogP contribution in [0.5, 0.6) is 5.75 Å². The van der Waals surface area contributed by atoms with Gasteiger partial charge < -0.3 is 40.4 Å². The molecule has 0 bridgehead atoms. The predicted octanol–water partition coefficient (Wildman–Crippen LogP) is 14.3. The zero-order chi connectivity index (χ0) is 59.5. The second-order valence-corrected chi connectivity index (χ2v) is 21.5. The molecular formula is C68H108N4O10. The molecule has 0 aromatic carbocycles. The zero-order valence-corrected chi connectivity index (χ0v) is 51.1. The van der Waals surface area contributed by atoms with Gasteiger partial charge in [-0.3, -0.25) is 14.4 Å². The lowest BCUT2D eigenvalue weighted by atomic mass is 10.1. The summed E-state index contributed by atoms with van der Waals surface area (Å²) in [7, 11) is 0. The smallest absolute Gasteiger partial charge is 0.354 e. The van der Waals surface area contributed by atoms with Crippen LogP contribution in [0.3, 0.4) is 0 Å². The van der Waals surface area contributed by atoms with Crippen LogP contribution >= 0.6 is 0 Å². The standard InChI is InChI=1S/C68H108N4O10/c1-3-5-7-9-11-13-15-17-19-21-23-25-27-29-31-33-35-37-39-41-43-45-49-64(73)69-51-47-48-61(66(75)70-52-53-80-54-55-81-56-57-82-60-58-62(67(76)77)71-63(59-60)68(78)79)72-65(74)50-46-44-42-40-38-36-34-32-30-28-26-24-22-20-18-16-14-12-10-8-6-4-2/h58-59,61H,3-24,33-57H2,1-2H3,(H,69,73)(H,70,75)(H,72,74)(H,76,77)(H,78,79)/t61-/m0/s1. The number of carbonyl (C=O) groups is 5. The second kappa shape index (κ2) is 57.3. The fourth-order valence-corrected chi connectivity index (χ4v) is 9.12. The Morgan fingerprint density at radius 2 is 0.805 bits per heavy atom. The molecule has 14 nitrogen and oxygen atoms in total. The van der Waals surface area contributed by atoms with E-state index in [0.29, 0.717) is 32.2 Å². The first-order chi connectivity index (χ1) is 40.2. The molecule has 0 aliphatic rings. The molecule has 0 radical (unpaired) electrons. The van der Waals surface area contributed by atoms with Crippen LogP contribution in [0, 0.1) is 47.4 Å². The number of aromatic nitrogens is 1. The number of nitrogens with zero attached hydrogens (tertiary/aromatic N) is 1. The van der Waals surface area contributed by atoms with Crippen LogP contribution in [0.2, 0.25) is 0 Å². The summed E-state index contributed by atoms with van der Waals surface area (Å²) in [6.45, 7) is 5.97. The minimum Gasteiger partial charge on any atom is -0.491 e. The fourth-order valence-electron chi connectivity index (χ4n) is 9.12. The van der Waals surface area contributed by atoms with Gasteiger partial charge in [0.25, 0.3) is 0 Å². The summed E-state index contributed by atoms with van der Waals surface area (Å²) in [5.74, 6) is 21.7. The summed E-state index contributed by atoms with van der Waals surface area (Å²) < 4.78 is 16.6. The first-order valence-electron chi connectivity index (χ1n) is 32.2. The van der Waals surface area contributed by atoms with E-state index in [1.807, 2.05) is 0 Å². The van der Waals surface area contributed by atoms with Crippen molar-refractivity contribution in [1.82, 2.24) is 20.9 Å². The van der Waals surface area contributed by atoms with Crippen LogP contribution < -0.4 is 20.7 Å². The minimum atomic E-state index is -1.37. The lowest BCUT2D eigenvalue weighted by Gasteiger charge is -2.19. The number of carboxylic acids is 2. The lowest BCUT2D eigenvalue weighted by Crippen LogP contribution is -2.47. The van der Waals surface area contributed by atoms with Crippen molar-refractivity contribution < 1.29 is 48.4 Å². The van der Waals surface area contributed by atoms with Gasteiger partial charge in [0.2, 0.25) is 17.7 Å². The summed E-state index contributed by atoms with van der Waals surface area (Å²) in [4.78, 5) is 65.2. The van der Waals surface area contributed by atoms with Gasteiger partial charge in [0.15, 0.2) is 11.4 Å². The Morgan fingerprint density at radius 3 is 1.22 bits per heavy atom. The molecule has 14 heteroatoms. The number of ether oxygens (including phenoxy) is 3. The molecule has 5 N–H and O–H groups in total. The lowest BCUT2D eigenvalue weighted by molar-refractivity contribution is -0.129. The number of hydrogen-bond acceptors (Lipinski definition) is 9. The second-order valence-electron chi connectivity index (χ2n) is 21.5. The largest absolute Gasteiger partial charge is 0.491 e. The van der Waals surface area contributed by atoms with Gasteiger partial charge in [-0.25, -0.2) is 14.6 Å². The zero-order valence-electron chi connectivity index (χ0n) is 51.1. The van der Waals surface area contributed by atoms with Crippen LogP contribution in [0.1, 0.15) is 292 Å². The number of hydrogen-bond donors (Lipinski definition) is 5. The van der Waals surface area contributed by atoms with E-state index in [-0.39, 0.29) is 63.1 Å². The molecule has 1 rings (SSSR count). The first kappa shape index (κ1) is 74.5. The van der Waals surface area contributed by atoms with Crippen molar-refractivity contribution in [3.8, 4) is 53.1 Å². The highest BCUT2D eigenvalue weighted by molar-refractivity contribution is 5.90. The van der Waals surface area contributed by atoms with Crippen LogP contribution in [-0.4, -0.2) is 97.0 Å². The van der Waals surface area contributed by atoms with Crippen molar-refractivity contribution in [3.05, 3.63) is 23.5 Å². The van der Waals surface area contributed by atoms with Crippen molar-refractivity contribution in [2.45, 2.75) is 277 Å². The van der Waals surface area contributed by atoms with Crippen molar-refractivity contribution >= 4 is 29.7 Å². The number of unbranched alkanes of at least 4 members (excludes halogenated alkanes) is 32. The van der Waals surface area contributed by atoms with E-state index in [2.05, 4.69) is 82.1 Å². The summed E-state index contributed by atoms with van der Waals surface area (Å²) in [6.07, 6.45) is 44.0. The van der Waals surface area contributed by atoms with Crippen molar-refractivity contribution in [3.63, 3.8) is 0 Å². The Morgan fingerprint density at radius 1 is 0.439 bits per heavy atom. The summed E-state index contributed by atoms with van der Waals surface area (Å²) in [6, 6.07) is 1.52. The average Bonchev–Trinajstić information content (AvgIpc) is 3.65. The van der Waals surface area contributed by atoms with Crippen molar-refractivity contribution in [2.24, 2.45) is 0 Å². The van der Waals surface area contributed by atoms with Gasteiger partial charge in [0.05, 0.1) is 26.4 Å². The topological polar surface area (TPSA) is 202 Å². The molecule has 1 heterocycles. The molecule has 0 saturated carbocycles. The highest BCUT2D eigenvalue weighted by atomic mass is 16.5. The predicted molar refractivity (Wildman–Crippen MR) is 330 cm³/mol. The molecule has 1 aromatic heterocycles. The van der Waals surface area contributed by atoms with Gasteiger partial charge in [0, 0.05) is 63.7 Å². The van der Waals surface area contributed by atoms with Crippen LogP contribution in [0.25, 0.3) is 0 Å². The normalized spacial score (nSPS) is 10.9. The molecule has 0 aliphatic carbocycles. The quantitative estimate of drug-likeness (QED) is 0.0307. The SMILES string of the molecule is CCCCCCCCCCCCC#CC#CCCCCCCCCC(=O)NCCC[C@H](NC(=O)CCCCCCCCC#CC#CCCCCCCCCCCCC)C(=O)NCCOCCOCCOc1cc(C(=O)O)nc(C(=O)O)c1.